The van der Waals surface area contributed by atoms with Gasteiger partial charge in [-0.1, -0.05) is 42.2 Å². The summed E-state index contributed by atoms with van der Waals surface area (Å²) in [5, 5.41) is 3.84. The standard InChI is InChI=1S/C20H14N2O2/c23-20-22-19(13-24-20)17-6-3-4-14(10-17)8-9-15-11-16-5-1-2-7-18(16)21-12-15/h1-7,10-12,19H,13H2,(H,22,23)/t19-/m0/s1. The summed E-state index contributed by atoms with van der Waals surface area (Å²) in [5.74, 6) is 6.31. The molecule has 1 aliphatic rings. The maximum atomic E-state index is 11.2. The molecule has 2 heterocycles. The van der Waals surface area contributed by atoms with Crippen LogP contribution >= 0.6 is 0 Å². The highest BCUT2D eigenvalue weighted by Crippen LogP contribution is 2.19. The first kappa shape index (κ1) is 14.3. The monoisotopic (exact) mass is 314 g/mol. The van der Waals surface area contributed by atoms with Crippen molar-refractivity contribution in [2.45, 2.75) is 6.04 Å². The van der Waals surface area contributed by atoms with Gasteiger partial charge in [-0.25, -0.2) is 4.79 Å². The second kappa shape index (κ2) is 6.05. The number of nitrogens with one attached hydrogen (secondary N) is 1. The highest BCUT2D eigenvalue weighted by Gasteiger charge is 2.23. The van der Waals surface area contributed by atoms with E-state index in [0.29, 0.717) is 6.61 Å². The van der Waals surface area contributed by atoms with Crippen molar-refractivity contribution in [2.24, 2.45) is 0 Å². The number of aromatic nitrogens is 1. The molecule has 116 valence electrons. The van der Waals surface area contributed by atoms with Gasteiger partial charge in [-0.15, -0.1) is 0 Å². The number of amides is 1. The lowest BCUT2D eigenvalue weighted by atomic mass is 10.0. The van der Waals surface area contributed by atoms with E-state index in [2.05, 4.69) is 22.1 Å². The van der Waals surface area contributed by atoms with Crippen LogP contribution in [-0.4, -0.2) is 17.7 Å². The molecule has 1 amide bonds. The fourth-order valence-electron chi connectivity index (χ4n) is 2.68. The van der Waals surface area contributed by atoms with Crippen molar-refractivity contribution in [2.75, 3.05) is 6.61 Å². The van der Waals surface area contributed by atoms with Crippen molar-refractivity contribution in [3.05, 3.63) is 77.5 Å². The maximum Gasteiger partial charge on any atom is 0.407 e. The Morgan fingerprint density at radius 3 is 2.79 bits per heavy atom. The smallest absolute Gasteiger partial charge is 0.407 e. The molecule has 0 unspecified atom stereocenters. The summed E-state index contributed by atoms with van der Waals surface area (Å²) in [4.78, 5) is 15.6. The van der Waals surface area contributed by atoms with Gasteiger partial charge in [0.25, 0.3) is 0 Å². The molecular weight excluding hydrogens is 300 g/mol. The zero-order valence-electron chi connectivity index (χ0n) is 12.8. The molecule has 2 aromatic carbocycles. The number of rotatable bonds is 1. The predicted octanol–water partition coefficient (Wildman–Crippen LogP) is 3.42. The minimum absolute atomic E-state index is 0.110. The molecule has 1 aromatic heterocycles. The molecule has 4 rings (SSSR count). The number of alkyl carbamates (subject to hydrolysis) is 1. The lowest BCUT2D eigenvalue weighted by Crippen LogP contribution is -2.18. The molecule has 24 heavy (non-hydrogen) atoms. The third kappa shape index (κ3) is 2.92. The molecule has 0 bridgehead atoms. The van der Waals surface area contributed by atoms with E-state index in [9.17, 15) is 4.79 Å². The number of para-hydroxylation sites is 1. The van der Waals surface area contributed by atoms with E-state index in [1.54, 1.807) is 6.20 Å². The molecule has 1 fully saturated rings. The first-order chi connectivity index (χ1) is 11.8. The van der Waals surface area contributed by atoms with Crippen LogP contribution in [0.3, 0.4) is 0 Å². The van der Waals surface area contributed by atoms with Gasteiger partial charge in [0.2, 0.25) is 0 Å². The molecule has 0 aliphatic carbocycles. The average molecular weight is 314 g/mol. The van der Waals surface area contributed by atoms with E-state index in [4.69, 9.17) is 4.74 Å². The number of fused-ring (bicyclic) bond motifs is 1. The lowest BCUT2D eigenvalue weighted by Gasteiger charge is -2.07. The maximum absolute atomic E-state index is 11.2. The number of carbonyl (C=O) groups is 1. The Morgan fingerprint density at radius 2 is 1.92 bits per heavy atom. The normalized spacial score (nSPS) is 16.2. The van der Waals surface area contributed by atoms with Crippen molar-refractivity contribution in [1.82, 2.24) is 10.3 Å². The Hall–Kier alpha value is -3.32. The minimum Gasteiger partial charge on any atom is -0.447 e. The van der Waals surface area contributed by atoms with Crippen LogP contribution in [0.4, 0.5) is 4.79 Å². The average Bonchev–Trinajstić information content (AvgIpc) is 3.06. The van der Waals surface area contributed by atoms with E-state index >= 15 is 0 Å². The van der Waals surface area contributed by atoms with Crippen LogP contribution in [0.5, 0.6) is 0 Å². The Bertz CT molecular complexity index is 985. The number of cyclic esters (lactones) is 1. The Kier molecular flexibility index (Phi) is 3.60. The van der Waals surface area contributed by atoms with Crippen LogP contribution in [-0.2, 0) is 4.74 Å². The number of nitrogens with zero attached hydrogens (tertiary/aromatic N) is 1. The van der Waals surface area contributed by atoms with Crippen LogP contribution in [0, 0.1) is 11.8 Å². The fraction of sp³-hybridized carbons (Fsp3) is 0.100. The Morgan fingerprint density at radius 1 is 1.04 bits per heavy atom. The number of pyridine rings is 1. The second-order valence-electron chi connectivity index (χ2n) is 5.59. The number of benzene rings is 2. The number of hydrogen-bond acceptors (Lipinski definition) is 3. The van der Waals surface area contributed by atoms with E-state index in [1.807, 2.05) is 54.6 Å². The van der Waals surface area contributed by atoms with Crippen molar-refractivity contribution < 1.29 is 9.53 Å². The summed E-state index contributed by atoms with van der Waals surface area (Å²) >= 11 is 0. The van der Waals surface area contributed by atoms with Crippen LogP contribution in [0.15, 0.2) is 60.8 Å². The fourth-order valence-corrected chi connectivity index (χ4v) is 2.68. The first-order valence-corrected chi connectivity index (χ1v) is 7.68. The minimum atomic E-state index is -0.376. The van der Waals surface area contributed by atoms with Gasteiger partial charge in [-0.3, -0.25) is 4.98 Å². The summed E-state index contributed by atoms with van der Waals surface area (Å²) in [5.41, 5.74) is 3.71. The predicted molar refractivity (Wildman–Crippen MR) is 91.4 cm³/mol. The third-order valence-corrected chi connectivity index (χ3v) is 3.90. The Labute approximate surface area is 139 Å². The van der Waals surface area contributed by atoms with Crippen LogP contribution in [0.25, 0.3) is 10.9 Å². The van der Waals surface area contributed by atoms with Crippen LogP contribution < -0.4 is 5.32 Å². The molecule has 4 heteroatoms. The number of ether oxygens (including phenoxy) is 1. The SMILES string of the molecule is O=C1N[C@H](c2cccc(C#Cc3cnc4ccccc4c3)c2)CO1. The van der Waals surface area contributed by atoms with Crippen molar-refractivity contribution >= 4 is 17.0 Å². The summed E-state index contributed by atoms with van der Waals surface area (Å²) < 4.78 is 4.94. The summed E-state index contributed by atoms with van der Waals surface area (Å²) in [7, 11) is 0. The zero-order valence-corrected chi connectivity index (χ0v) is 12.8. The highest BCUT2D eigenvalue weighted by molar-refractivity contribution is 5.79. The van der Waals surface area contributed by atoms with E-state index in [1.165, 1.54) is 0 Å². The van der Waals surface area contributed by atoms with E-state index < -0.39 is 0 Å². The summed E-state index contributed by atoms with van der Waals surface area (Å²) in [6.45, 7) is 0.351. The van der Waals surface area contributed by atoms with E-state index in [-0.39, 0.29) is 12.1 Å². The quantitative estimate of drug-likeness (QED) is 0.700. The summed E-state index contributed by atoms with van der Waals surface area (Å²) in [6.07, 6.45) is 1.41. The molecule has 1 N–H and O–H groups in total. The van der Waals surface area contributed by atoms with Gasteiger partial charge in [-0.05, 0) is 29.8 Å². The van der Waals surface area contributed by atoms with Gasteiger partial charge in [0, 0.05) is 22.7 Å². The van der Waals surface area contributed by atoms with Gasteiger partial charge in [-0.2, -0.15) is 0 Å². The van der Waals surface area contributed by atoms with Crippen molar-refractivity contribution in [1.29, 1.82) is 0 Å². The molecule has 4 nitrogen and oxygen atoms in total. The van der Waals surface area contributed by atoms with Gasteiger partial charge >= 0.3 is 6.09 Å². The highest BCUT2D eigenvalue weighted by atomic mass is 16.6. The van der Waals surface area contributed by atoms with Gasteiger partial charge < -0.3 is 10.1 Å². The zero-order chi connectivity index (χ0) is 16.4. The molecule has 3 aromatic rings. The van der Waals surface area contributed by atoms with Gasteiger partial charge in [0.15, 0.2) is 0 Å². The topological polar surface area (TPSA) is 51.2 Å². The molecule has 1 atom stereocenters. The summed E-state index contributed by atoms with van der Waals surface area (Å²) in [6, 6.07) is 17.7. The molecule has 1 saturated heterocycles. The van der Waals surface area contributed by atoms with Gasteiger partial charge in [0.1, 0.15) is 6.61 Å². The first-order valence-electron chi connectivity index (χ1n) is 7.68. The molecule has 0 radical (unpaired) electrons. The molecule has 0 saturated carbocycles. The number of hydrogen-bond donors (Lipinski definition) is 1. The molecule has 1 aliphatic heterocycles. The number of carbonyl (C=O) groups excluding carboxylic acids is 1. The lowest BCUT2D eigenvalue weighted by molar-refractivity contribution is 0.177. The van der Waals surface area contributed by atoms with Gasteiger partial charge in [0.05, 0.1) is 11.6 Å². The van der Waals surface area contributed by atoms with E-state index in [0.717, 1.165) is 27.6 Å². The Balaban J connectivity index is 1.61. The molecule has 0 spiro atoms. The third-order valence-electron chi connectivity index (χ3n) is 3.90. The van der Waals surface area contributed by atoms with Crippen LogP contribution in [0.2, 0.25) is 0 Å². The van der Waals surface area contributed by atoms with Crippen LogP contribution in [0.1, 0.15) is 22.7 Å². The largest absolute Gasteiger partial charge is 0.447 e. The van der Waals surface area contributed by atoms with Crippen molar-refractivity contribution in [3.8, 4) is 11.8 Å². The second-order valence-corrected chi connectivity index (χ2v) is 5.59. The molecular formula is C20H14N2O2. The van der Waals surface area contributed by atoms with Crippen molar-refractivity contribution in [3.63, 3.8) is 0 Å².